The third-order valence-electron chi connectivity index (χ3n) is 3.34. The predicted molar refractivity (Wildman–Crippen MR) is 67.8 cm³/mol. The minimum atomic E-state index is -4.40. The lowest BCUT2D eigenvalue weighted by Gasteiger charge is -2.10. The molecule has 1 aliphatic rings. The Labute approximate surface area is 113 Å². The number of hydrogen-bond acceptors (Lipinski definition) is 3. The summed E-state index contributed by atoms with van der Waals surface area (Å²) >= 11 is 0. The molecule has 1 aromatic heterocycles. The summed E-state index contributed by atoms with van der Waals surface area (Å²) in [6.07, 6.45) is -2.34. The topological polar surface area (TPSA) is 56.7 Å². The molecule has 106 valence electrons. The van der Waals surface area contributed by atoms with Gasteiger partial charge in [0.05, 0.1) is 5.56 Å². The molecule has 2 N–H and O–H groups in total. The summed E-state index contributed by atoms with van der Waals surface area (Å²) in [7, 11) is 1.66. The Bertz CT molecular complexity index is 656. The summed E-state index contributed by atoms with van der Waals surface area (Å²) in [5.74, 6) is 1.39. The van der Waals surface area contributed by atoms with Crippen molar-refractivity contribution in [2.75, 3.05) is 5.73 Å². The van der Waals surface area contributed by atoms with Crippen molar-refractivity contribution < 1.29 is 13.2 Å². The van der Waals surface area contributed by atoms with Crippen LogP contribution in [0.15, 0.2) is 18.2 Å². The molecule has 20 heavy (non-hydrogen) atoms. The molecule has 0 bridgehead atoms. The summed E-state index contributed by atoms with van der Waals surface area (Å²) in [6, 6.07) is 3.25. The summed E-state index contributed by atoms with van der Waals surface area (Å²) in [4.78, 5) is 4.33. The van der Waals surface area contributed by atoms with E-state index in [2.05, 4.69) is 10.1 Å². The molecular weight excluding hydrogens is 269 g/mol. The van der Waals surface area contributed by atoms with Crippen molar-refractivity contribution in [3.63, 3.8) is 0 Å². The van der Waals surface area contributed by atoms with Gasteiger partial charge in [-0.15, -0.1) is 0 Å². The van der Waals surface area contributed by atoms with Crippen LogP contribution in [0.1, 0.15) is 30.1 Å². The van der Waals surface area contributed by atoms with E-state index in [9.17, 15) is 13.2 Å². The molecule has 0 aliphatic heterocycles. The van der Waals surface area contributed by atoms with Gasteiger partial charge < -0.3 is 5.73 Å². The average Bonchev–Trinajstić information content (AvgIpc) is 3.13. The van der Waals surface area contributed by atoms with Crippen molar-refractivity contribution in [2.24, 2.45) is 7.05 Å². The SMILES string of the molecule is Cn1nc(C2CC2)nc1-c1cc(C(F)(F)F)ccc1N. The molecule has 1 aliphatic carbocycles. The number of benzene rings is 1. The second kappa shape index (κ2) is 4.22. The number of nitrogens with two attached hydrogens (primary N) is 1. The number of nitrogen functional groups attached to an aromatic ring is 1. The fourth-order valence-corrected chi connectivity index (χ4v) is 2.08. The number of aromatic nitrogens is 3. The van der Waals surface area contributed by atoms with Crippen LogP contribution in [0, 0.1) is 0 Å². The molecule has 0 amide bonds. The first-order valence-electron chi connectivity index (χ1n) is 6.24. The number of rotatable bonds is 2. The maximum atomic E-state index is 12.8. The van der Waals surface area contributed by atoms with Crippen LogP contribution in [0.5, 0.6) is 0 Å². The molecule has 2 aromatic rings. The third-order valence-corrected chi connectivity index (χ3v) is 3.34. The summed E-state index contributed by atoms with van der Waals surface area (Å²) < 4.78 is 39.8. The van der Waals surface area contributed by atoms with E-state index in [-0.39, 0.29) is 11.3 Å². The molecule has 4 nitrogen and oxygen atoms in total. The quantitative estimate of drug-likeness (QED) is 0.861. The average molecular weight is 282 g/mol. The lowest BCUT2D eigenvalue weighted by atomic mass is 10.1. The largest absolute Gasteiger partial charge is 0.416 e. The molecule has 1 fully saturated rings. The molecular formula is C13H13F3N4. The Balaban J connectivity index is 2.08. The molecule has 3 rings (SSSR count). The second-order valence-electron chi connectivity index (χ2n) is 4.99. The molecule has 0 atom stereocenters. The molecule has 0 radical (unpaired) electrons. The molecule has 7 heteroatoms. The minimum Gasteiger partial charge on any atom is -0.398 e. The van der Waals surface area contributed by atoms with Gasteiger partial charge in [0.15, 0.2) is 11.6 Å². The predicted octanol–water partition coefficient (Wildman–Crippen LogP) is 2.96. The minimum absolute atomic E-state index is 0.260. The van der Waals surface area contributed by atoms with E-state index in [4.69, 9.17) is 5.73 Å². The first kappa shape index (κ1) is 13.0. The van der Waals surface area contributed by atoms with Crippen LogP contribution in [0.2, 0.25) is 0 Å². The van der Waals surface area contributed by atoms with Gasteiger partial charge in [0, 0.05) is 24.2 Å². The van der Waals surface area contributed by atoms with Crippen LogP contribution in [-0.2, 0) is 13.2 Å². The number of anilines is 1. The van der Waals surface area contributed by atoms with Gasteiger partial charge in [0.2, 0.25) is 0 Å². The van der Waals surface area contributed by atoms with Crippen molar-refractivity contribution in [1.29, 1.82) is 0 Å². The number of aryl methyl sites for hydroxylation is 1. The van der Waals surface area contributed by atoms with Gasteiger partial charge in [-0.05, 0) is 31.0 Å². The van der Waals surface area contributed by atoms with Crippen LogP contribution in [0.25, 0.3) is 11.4 Å². The van der Waals surface area contributed by atoms with Gasteiger partial charge in [-0.3, -0.25) is 0 Å². The highest BCUT2D eigenvalue weighted by Gasteiger charge is 2.32. The maximum Gasteiger partial charge on any atom is 0.416 e. The van der Waals surface area contributed by atoms with E-state index >= 15 is 0 Å². The van der Waals surface area contributed by atoms with E-state index in [1.54, 1.807) is 7.05 Å². The van der Waals surface area contributed by atoms with Gasteiger partial charge in [0.1, 0.15) is 0 Å². The van der Waals surface area contributed by atoms with Crippen LogP contribution in [-0.4, -0.2) is 14.8 Å². The Morgan fingerprint density at radius 3 is 2.60 bits per heavy atom. The maximum absolute atomic E-state index is 12.8. The lowest BCUT2D eigenvalue weighted by molar-refractivity contribution is -0.137. The molecule has 1 aromatic carbocycles. The summed E-state index contributed by atoms with van der Waals surface area (Å²) in [6.45, 7) is 0. The van der Waals surface area contributed by atoms with Gasteiger partial charge in [-0.25, -0.2) is 9.67 Å². The first-order chi connectivity index (χ1) is 9.36. The van der Waals surface area contributed by atoms with Gasteiger partial charge in [-0.1, -0.05) is 0 Å². The Hall–Kier alpha value is -2.05. The first-order valence-corrected chi connectivity index (χ1v) is 6.24. The van der Waals surface area contributed by atoms with Crippen molar-refractivity contribution >= 4 is 5.69 Å². The normalized spacial score (nSPS) is 15.6. The standard InChI is InChI=1S/C13H13F3N4/c1-20-12(18-11(19-20)7-2-3-7)9-6-8(13(14,15)16)4-5-10(9)17/h4-7H,2-3,17H2,1H3. The molecule has 0 unspecified atom stereocenters. The number of alkyl halides is 3. The zero-order valence-corrected chi connectivity index (χ0v) is 10.8. The smallest absolute Gasteiger partial charge is 0.398 e. The Morgan fingerprint density at radius 1 is 1.30 bits per heavy atom. The van der Waals surface area contributed by atoms with Crippen LogP contribution in [0.4, 0.5) is 18.9 Å². The second-order valence-corrected chi connectivity index (χ2v) is 4.99. The third kappa shape index (κ3) is 2.23. The van der Waals surface area contributed by atoms with Gasteiger partial charge in [0.25, 0.3) is 0 Å². The highest BCUT2D eigenvalue weighted by molar-refractivity contribution is 5.72. The van der Waals surface area contributed by atoms with E-state index in [1.807, 2.05) is 0 Å². The van der Waals surface area contributed by atoms with E-state index in [1.165, 1.54) is 10.7 Å². The van der Waals surface area contributed by atoms with Crippen molar-refractivity contribution in [3.05, 3.63) is 29.6 Å². The fourth-order valence-electron chi connectivity index (χ4n) is 2.08. The Kier molecular flexibility index (Phi) is 2.74. The van der Waals surface area contributed by atoms with Gasteiger partial charge in [-0.2, -0.15) is 18.3 Å². The number of nitrogens with zero attached hydrogens (tertiary/aromatic N) is 3. The van der Waals surface area contributed by atoms with Crippen molar-refractivity contribution in [2.45, 2.75) is 24.9 Å². The van der Waals surface area contributed by atoms with Crippen molar-refractivity contribution in [3.8, 4) is 11.4 Å². The monoisotopic (exact) mass is 282 g/mol. The van der Waals surface area contributed by atoms with Crippen LogP contribution >= 0.6 is 0 Å². The summed E-state index contributed by atoms with van der Waals surface area (Å²) in [5, 5.41) is 4.25. The number of halogens is 3. The van der Waals surface area contributed by atoms with Crippen LogP contribution in [0.3, 0.4) is 0 Å². The zero-order chi connectivity index (χ0) is 14.5. The Morgan fingerprint density at radius 2 is 2.00 bits per heavy atom. The van der Waals surface area contributed by atoms with Crippen LogP contribution < -0.4 is 5.73 Å². The highest BCUT2D eigenvalue weighted by atomic mass is 19.4. The van der Waals surface area contributed by atoms with E-state index < -0.39 is 11.7 Å². The van der Waals surface area contributed by atoms with E-state index in [0.717, 1.165) is 25.0 Å². The number of hydrogen-bond donors (Lipinski definition) is 1. The van der Waals surface area contributed by atoms with Crippen molar-refractivity contribution in [1.82, 2.24) is 14.8 Å². The molecule has 0 saturated heterocycles. The molecule has 1 heterocycles. The van der Waals surface area contributed by atoms with Gasteiger partial charge >= 0.3 is 6.18 Å². The highest BCUT2D eigenvalue weighted by Crippen LogP contribution is 2.40. The zero-order valence-electron chi connectivity index (χ0n) is 10.8. The van der Waals surface area contributed by atoms with E-state index in [0.29, 0.717) is 17.6 Å². The fraction of sp³-hybridized carbons (Fsp3) is 0.385. The molecule has 0 spiro atoms. The lowest BCUT2D eigenvalue weighted by Crippen LogP contribution is -2.07. The molecule has 1 saturated carbocycles. The summed E-state index contributed by atoms with van der Waals surface area (Å²) in [5.41, 5.74) is 5.57.